The standard InChI is InChI=1S/C12H11BN2O3/c1-2-18-12-5-9(3-10(7-14)8-15)4-11(6-12)13(16)17/h3-6,16-17H,2H2,1H3. The second-order valence-electron chi connectivity index (χ2n) is 3.42. The number of hydrogen-bond donors (Lipinski definition) is 2. The maximum Gasteiger partial charge on any atom is 0.488 e. The Bertz CT molecular complexity index is 525. The first-order valence-corrected chi connectivity index (χ1v) is 5.26. The maximum absolute atomic E-state index is 9.14. The molecule has 5 nitrogen and oxygen atoms in total. The Balaban J connectivity index is 3.24. The molecule has 1 aromatic rings. The van der Waals surface area contributed by atoms with E-state index in [1.54, 1.807) is 25.1 Å². The fourth-order valence-corrected chi connectivity index (χ4v) is 1.38. The van der Waals surface area contributed by atoms with E-state index < -0.39 is 7.12 Å². The summed E-state index contributed by atoms with van der Waals surface area (Å²) in [6, 6.07) is 8.05. The van der Waals surface area contributed by atoms with Gasteiger partial charge < -0.3 is 14.8 Å². The Hall–Kier alpha value is -2.28. The van der Waals surface area contributed by atoms with Gasteiger partial charge in [-0.3, -0.25) is 0 Å². The van der Waals surface area contributed by atoms with Crippen molar-refractivity contribution in [2.45, 2.75) is 6.92 Å². The van der Waals surface area contributed by atoms with Crippen LogP contribution in [0.15, 0.2) is 23.8 Å². The molecule has 2 N–H and O–H groups in total. The van der Waals surface area contributed by atoms with Gasteiger partial charge in [0.2, 0.25) is 0 Å². The predicted octanol–water partition coefficient (Wildman–Crippen LogP) is 0.196. The number of nitrogens with zero attached hydrogens (tertiary/aromatic N) is 2. The third-order valence-corrected chi connectivity index (χ3v) is 2.11. The second kappa shape index (κ2) is 6.46. The average molecular weight is 242 g/mol. The highest BCUT2D eigenvalue weighted by Crippen LogP contribution is 2.15. The van der Waals surface area contributed by atoms with Crippen LogP contribution in [0.3, 0.4) is 0 Å². The molecule has 1 rings (SSSR count). The topological polar surface area (TPSA) is 97.3 Å². The smallest absolute Gasteiger partial charge is 0.488 e. The quantitative estimate of drug-likeness (QED) is 0.580. The average Bonchev–Trinajstić information content (AvgIpc) is 2.36. The van der Waals surface area contributed by atoms with Crippen molar-refractivity contribution in [1.82, 2.24) is 0 Å². The Morgan fingerprint density at radius 2 is 2.00 bits per heavy atom. The molecule has 0 aliphatic carbocycles. The summed E-state index contributed by atoms with van der Waals surface area (Å²) in [5.41, 5.74) is 0.673. The summed E-state index contributed by atoms with van der Waals surface area (Å²) in [5.74, 6) is 0.449. The molecule has 0 aliphatic heterocycles. The SMILES string of the molecule is CCOc1cc(C=C(C#N)C#N)cc(B(O)O)c1. The first kappa shape index (κ1) is 13.8. The molecule has 18 heavy (non-hydrogen) atoms. The summed E-state index contributed by atoms with van der Waals surface area (Å²) >= 11 is 0. The van der Waals surface area contributed by atoms with Gasteiger partial charge in [-0.25, -0.2) is 0 Å². The van der Waals surface area contributed by atoms with E-state index in [9.17, 15) is 0 Å². The predicted molar refractivity (Wildman–Crippen MR) is 66.6 cm³/mol. The van der Waals surface area contributed by atoms with E-state index in [4.69, 9.17) is 25.3 Å². The van der Waals surface area contributed by atoms with Crippen LogP contribution in [-0.2, 0) is 0 Å². The zero-order valence-electron chi connectivity index (χ0n) is 9.79. The van der Waals surface area contributed by atoms with Gasteiger partial charge in [0.25, 0.3) is 0 Å². The third kappa shape index (κ3) is 3.64. The Labute approximate surface area is 105 Å². The van der Waals surface area contributed by atoms with Crippen molar-refractivity contribution in [3.8, 4) is 17.9 Å². The summed E-state index contributed by atoms with van der Waals surface area (Å²) in [6.45, 7) is 2.23. The van der Waals surface area contributed by atoms with Gasteiger partial charge in [-0.05, 0) is 36.2 Å². The number of hydrogen-bond acceptors (Lipinski definition) is 5. The molecule has 1 aromatic carbocycles. The van der Waals surface area contributed by atoms with Crippen LogP contribution in [0.25, 0.3) is 6.08 Å². The molecule has 0 aromatic heterocycles. The zero-order chi connectivity index (χ0) is 13.5. The molecule has 0 atom stereocenters. The van der Waals surface area contributed by atoms with Gasteiger partial charge in [-0.1, -0.05) is 6.07 Å². The van der Waals surface area contributed by atoms with Crippen molar-refractivity contribution in [2.24, 2.45) is 0 Å². The highest BCUT2D eigenvalue weighted by Gasteiger charge is 2.13. The molecule has 90 valence electrons. The monoisotopic (exact) mass is 242 g/mol. The molecule has 0 spiro atoms. The van der Waals surface area contributed by atoms with Crippen LogP contribution in [0.1, 0.15) is 12.5 Å². The minimum absolute atomic E-state index is 0.0676. The van der Waals surface area contributed by atoms with Gasteiger partial charge in [0, 0.05) is 0 Å². The molecule has 0 saturated heterocycles. The van der Waals surface area contributed by atoms with Crippen molar-refractivity contribution in [2.75, 3.05) is 6.61 Å². The Morgan fingerprint density at radius 1 is 1.33 bits per heavy atom. The number of ether oxygens (including phenoxy) is 1. The number of allylic oxidation sites excluding steroid dienone is 1. The fourth-order valence-electron chi connectivity index (χ4n) is 1.38. The molecule has 0 radical (unpaired) electrons. The normalized spacial score (nSPS) is 8.94. The van der Waals surface area contributed by atoms with Crippen molar-refractivity contribution >= 4 is 18.7 Å². The molecule has 0 amide bonds. The molecular weight excluding hydrogens is 231 g/mol. The van der Waals surface area contributed by atoms with E-state index in [-0.39, 0.29) is 11.0 Å². The lowest BCUT2D eigenvalue weighted by molar-refractivity contribution is 0.340. The first-order valence-electron chi connectivity index (χ1n) is 5.26. The maximum atomic E-state index is 9.14. The molecule has 6 heteroatoms. The van der Waals surface area contributed by atoms with Gasteiger partial charge >= 0.3 is 7.12 Å². The highest BCUT2D eigenvalue weighted by atomic mass is 16.5. The first-order chi connectivity index (χ1) is 8.60. The van der Waals surface area contributed by atoms with E-state index in [0.717, 1.165) is 0 Å². The number of nitriles is 2. The second-order valence-corrected chi connectivity index (χ2v) is 3.42. The molecule has 0 aliphatic rings. The van der Waals surface area contributed by atoms with Crippen LogP contribution < -0.4 is 10.2 Å². The van der Waals surface area contributed by atoms with Gasteiger partial charge in [0.05, 0.1) is 6.61 Å². The number of rotatable bonds is 4. The lowest BCUT2D eigenvalue weighted by atomic mass is 9.79. The molecule has 0 unspecified atom stereocenters. The van der Waals surface area contributed by atoms with Crippen molar-refractivity contribution in [3.05, 3.63) is 29.3 Å². The van der Waals surface area contributed by atoms with Crippen LogP contribution in [0.2, 0.25) is 0 Å². The lowest BCUT2D eigenvalue weighted by Crippen LogP contribution is -2.30. The van der Waals surface area contributed by atoms with Gasteiger partial charge in [-0.15, -0.1) is 0 Å². The Kier molecular flexibility index (Phi) is 4.95. The summed E-state index contributed by atoms with van der Waals surface area (Å²) in [4.78, 5) is 0. The fraction of sp³-hybridized carbons (Fsp3) is 0.167. The molecular formula is C12H11BN2O3. The van der Waals surface area contributed by atoms with E-state index >= 15 is 0 Å². The molecule has 0 heterocycles. The van der Waals surface area contributed by atoms with Gasteiger partial charge in [0.15, 0.2) is 0 Å². The van der Waals surface area contributed by atoms with Crippen molar-refractivity contribution < 1.29 is 14.8 Å². The van der Waals surface area contributed by atoms with Crippen LogP contribution >= 0.6 is 0 Å². The molecule has 0 fully saturated rings. The van der Waals surface area contributed by atoms with Gasteiger partial charge in [0.1, 0.15) is 23.5 Å². The highest BCUT2D eigenvalue weighted by molar-refractivity contribution is 6.58. The lowest BCUT2D eigenvalue weighted by Gasteiger charge is -2.07. The van der Waals surface area contributed by atoms with Crippen LogP contribution in [-0.4, -0.2) is 23.8 Å². The summed E-state index contributed by atoms with van der Waals surface area (Å²) < 4.78 is 5.27. The summed E-state index contributed by atoms with van der Waals surface area (Å²) in [7, 11) is -1.63. The van der Waals surface area contributed by atoms with Crippen molar-refractivity contribution in [3.63, 3.8) is 0 Å². The Morgan fingerprint density at radius 3 is 2.50 bits per heavy atom. The zero-order valence-corrected chi connectivity index (χ0v) is 9.79. The van der Waals surface area contributed by atoms with Crippen LogP contribution in [0, 0.1) is 22.7 Å². The minimum Gasteiger partial charge on any atom is -0.494 e. The van der Waals surface area contributed by atoms with Crippen LogP contribution in [0.5, 0.6) is 5.75 Å². The molecule has 0 saturated carbocycles. The van der Waals surface area contributed by atoms with E-state index in [0.29, 0.717) is 17.9 Å². The third-order valence-electron chi connectivity index (χ3n) is 2.11. The molecule has 0 bridgehead atoms. The van der Waals surface area contributed by atoms with E-state index in [1.807, 2.05) is 0 Å². The minimum atomic E-state index is -1.63. The largest absolute Gasteiger partial charge is 0.494 e. The van der Waals surface area contributed by atoms with E-state index in [1.165, 1.54) is 18.2 Å². The van der Waals surface area contributed by atoms with Crippen molar-refractivity contribution in [1.29, 1.82) is 10.5 Å². The summed E-state index contributed by atoms with van der Waals surface area (Å²) in [6.07, 6.45) is 1.36. The van der Waals surface area contributed by atoms with Gasteiger partial charge in [-0.2, -0.15) is 10.5 Å². The van der Waals surface area contributed by atoms with E-state index in [2.05, 4.69) is 0 Å². The number of benzene rings is 1. The summed E-state index contributed by atoms with van der Waals surface area (Å²) in [5, 5.41) is 35.6. The van der Waals surface area contributed by atoms with Crippen LogP contribution in [0.4, 0.5) is 0 Å².